The highest BCUT2D eigenvalue weighted by molar-refractivity contribution is 6.31. The molecule has 1 heterocycles. The summed E-state index contributed by atoms with van der Waals surface area (Å²) in [7, 11) is 0. The molecular weight excluding hydrogens is 279 g/mol. The van der Waals surface area contributed by atoms with Crippen molar-refractivity contribution in [3.8, 4) is 0 Å². The lowest BCUT2D eigenvalue weighted by atomic mass is 10.2. The molecule has 0 aliphatic rings. The Labute approximate surface area is 120 Å². The first kappa shape index (κ1) is 12.3. The van der Waals surface area contributed by atoms with E-state index in [0.29, 0.717) is 5.02 Å². The van der Waals surface area contributed by atoms with Gasteiger partial charge in [-0.3, -0.25) is 0 Å². The Morgan fingerprint density at radius 1 is 0.895 bits per heavy atom. The lowest BCUT2D eigenvalue weighted by Crippen LogP contribution is -1.74. The number of nitrogens with one attached hydrogen (secondary N) is 1. The van der Waals surface area contributed by atoms with E-state index in [-0.39, 0.29) is 0 Å². The number of hydrogen-bond donors (Lipinski definition) is 1. The maximum Gasteiger partial charge on any atom is 0.131 e. The molecule has 3 aromatic rings. The van der Waals surface area contributed by atoms with Crippen LogP contribution in [0.2, 0.25) is 10.0 Å². The summed E-state index contributed by atoms with van der Waals surface area (Å²) in [6, 6.07) is 13.2. The van der Waals surface area contributed by atoms with Gasteiger partial charge in [0.05, 0.1) is 11.0 Å². The molecular formula is C15H10Cl2N2. The molecule has 3 rings (SSSR count). The standard InChI is InChI=1S/C15H10Cl2N2/c16-11-4-1-10(2-5-11)3-8-15-18-13-7-6-12(17)9-14(13)19-15/h1-9H,(H,18,19). The van der Waals surface area contributed by atoms with Crippen LogP contribution in [0.3, 0.4) is 0 Å². The van der Waals surface area contributed by atoms with Gasteiger partial charge in [0.1, 0.15) is 5.82 Å². The molecule has 0 amide bonds. The van der Waals surface area contributed by atoms with Crippen LogP contribution in [0.4, 0.5) is 0 Å². The molecule has 4 heteroatoms. The molecule has 0 aliphatic carbocycles. The van der Waals surface area contributed by atoms with Gasteiger partial charge in [-0.1, -0.05) is 41.4 Å². The number of benzene rings is 2. The molecule has 0 saturated heterocycles. The fourth-order valence-corrected chi connectivity index (χ4v) is 2.13. The topological polar surface area (TPSA) is 28.7 Å². The first-order chi connectivity index (χ1) is 9.20. The Morgan fingerprint density at radius 2 is 1.63 bits per heavy atom. The van der Waals surface area contributed by atoms with Crippen molar-refractivity contribution in [3.05, 3.63) is 63.9 Å². The minimum absolute atomic E-state index is 0.699. The third-order valence-electron chi connectivity index (χ3n) is 2.77. The molecule has 0 radical (unpaired) electrons. The molecule has 2 nitrogen and oxygen atoms in total. The van der Waals surface area contributed by atoms with Crippen LogP contribution in [0, 0.1) is 0 Å². The van der Waals surface area contributed by atoms with Crippen molar-refractivity contribution in [2.24, 2.45) is 0 Å². The van der Waals surface area contributed by atoms with Gasteiger partial charge in [-0.15, -0.1) is 0 Å². The van der Waals surface area contributed by atoms with Crippen molar-refractivity contribution < 1.29 is 0 Å². The average Bonchev–Trinajstić information content (AvgIpc) is 2.80. The fraction of sp³-hybridized carbons (Fsp3) is 0. The highest BCUT2D eigenvalue weighted by atomic mass is 35.5. The number of H-pyrrole nitrogens is 1. The Balaban J connectivity index is 1.90. The highest BCUT2D eigenvalue weighted by Gasteiger charge is 2.00. The van der Waals surface area contributed by atoms with E-state index >= 15 is 0 Å². The van der Waals surface area contributed by atoms with E-state index in [1.54, 1.807) is 0 Å². The molecule has 0 unspecified atom stereocenters. The number of hydrogen-bond acceptors (Lipinski definition) is 1. The monoisotopic (exact) mass is 288 g/mol. The number of halogens is 2. The number of aromatic amines is 1. The van der Waals surface area contributed by atoms with Crippen LogP contribution in [0.5, 0.6) is 0 Å². The third-order valence-corrected chi connectivity index (χ3v) is 3.25. The van der Waals surface area contributed by atoms with Crippen LogP contribution in [-0.2, 0) is 0 Å². The smallest absolute Gasteiger partial charge is 0.131 e. The molecule has 94 valence electrons. The van der Waals surface area contributed by atoms with Crippen LogP contribution in [0.15, 0.2) is 42.5 Å². The summed E-state index contributed by atoms with van der Waals surface area (Å²) >= 11 is 11.8. The van der Waals surface area contributed by atoms with Crippen molar-refractivity contribution >= 4 is 46.4 Å². The Hall–Kier alpha value is -1.77. The Bertz CT molecular complexity index is 742. The maximum atomic E-state index is 5.94. The summed E-state index contributed by atoms with van der Waals surface area (Å²) < 4.78 is 0. The normalized spacial score (nSPS) is 11.5. The molecule has 0 bridgehead atoms. The van der Waals surface area contributed by atoms with Crippen LogP contribution in [0.1, 0.15) is 11.4 Å². The summed E-state index contributed by atoms with van der Waals surface area (Å²) in [5.41, 5.74) is 2.91. The lowest BCUT2D eigenvalue weighted by Gasteiger charge is -1.92. The second kappa shape index (κ2) is 5.08. The molecule has 19 heavy (non-hydrogen) atoms. The lowest BCUT2D eigenvalue weighted by molar-refractivity contribution is 1.29. The molecule has 2 aromatic carbocycles. The van der Waals surface area contributed by atoms with E-state index in [9.17, 15) is 0 Å². The van der Waals surface area contributed by atoms with E-state index < -0.39 is 0 Å². The Morgan fingerprint density at radius 3 is 2.42 bits per heavy atom. The summed E-state index contributed by atoms with van der Waals surface area (Å²) in [5, 5.41) is 1.43. The van der Waals surface area contributed by atoms with Gasteiger partial charge in [0.2, 0.25) is 0 Å². The van der Waals surface area contributed by atoms with Crippen molar-refractivity contribution in [2.45, 2.75) is 0 Å². The molecule has 1 N–H and O–H groups in total. The zero-order valence-corrected chi connectivity index (χ0v) is 11.4. The van der Waals surface area contributed by atoms with Crippen molar-refractivity contribution in [1.82, 2.24) is 9.97 Å². The fourth-order valence-electron chi connectivity index (χ4n) is 1.83. The van der Waals surface area contributed by atoms with Crippen molar-refractivity contribution in [3.63, 3.8) is 0 Å². The van der Waals surface area contributed by atoms with Gasteiger partial charge in [0.15, 0.2) is 0 Å². The second-order valence-corrected chi connectivity index (χ2v) is 5.04. The van der Waals surface area contributed by atoms with E-state index in [1.807, 2.05) is 54.6 Å². The van der Waals surface area contributed by atoms with Crippen molar-refractivity contribution in [2.75, 3.05) is 0 Å². The van der Waals surface area contributed by atoms with E-state index in [0.717, 1.165) is 27.4 Å². The molecule has 0 atom stereocenters. The van der Waals surface area contributed by atoms with Crippen LogP contribution >= 0.6 is 23.2 Å². The van der Waals surface area contributed by atoms with Gasteiger partial charge in [-0.2, -0.15) is 0 Å². The maximum absolute atomic E-state index is 5.94. The van der Waals surface area contributed by atoms with E-state index in [1.165, 1.54) is 0 Å². The number of fused-ring (bicyclic) bond motifs is 1. The van der Waals surface area contributed by atoms with Crippen LogP contribution < -0.4 is 0 Å². The van der Waals surface area contributed by atoms with E-state index in [2.05, 4.69) is 9.97 Å². The van der Waals surface area contributed by atoms with Gasteiger partial charge in [-0.25, -0.2) is 4.98 Å². The highest BCUT2D eigenvalue weighted by Crippen LogP contribution is 2.18. The van der Waals surface area contributed by atoms with Crippen LogP contribution in [-0.4, -0.2) is 9.97 Å². The quantitative estimate of drug-likeness (QED) is 0.703. The van der Waals surface area contributed by atoms with Gasteiger partial charge < -0.3 is 4.98 Å². The predicted molar refractivity (Wildman–Crippen MR) is 81.5 cm³/mol. The summed E-state index contributed by atoms with van der Waals surface area (Å²) in [6.45, 7) is 0. The molecule has 1 aromatic heterocycles. The zero-order chi connectivity index (χ0) is 13.2. The van der Waals surface area contributed by atoms with E-state index in [4.69, 9.17) is 23.2 Å². The second-order valence-electron chi connectivity index (χ2n) is 4.17. The molecule has 0 saturated carbocycles. The number of imidazole rings is 1. The predicted octanol–water partition coefficient (Wildman–Crippen LogP) is 5.04. The minimum Gasteiger partial charge on any atom is -0.338 e. The van der Waals surface area contributed by atoms with Gasteiger partial charge in [0.25, 0.3) is 0 Å². The number of nitrogens with zero attached hydrogens (tertiary/aromatic N) is 1. The third kappa shape index (κ3) is 2.80. The first-order valence-electron chi connectivity index (χ1n) is 5.80. The Kier molecular flexibility index (Phi) is 3.28. The molecule has 0 aliphatic heterocycles. The zero-order valence-electron chi connectivity index (χ0n) is 9.90. The van der Waals surface area contributed by atoms with Crippen LogP contribution in [0.25, 0.3) is 23.2 Å². The van der Waals surface area contributed by atoms with Gasteiger partial charge >= 0.3 is 0 Å². The summed E-state index contributed by atoms with van der Waals surface area (Å²) in [5.74, 6) is 0.798. The largest absolute Gasteiger partial charge is 0.338 e. The first-order valence-corrected chi connectivity index (χ1v) is 6.55. The SMILES string of the molecule is Clc1ccc(C=Cc2nc3ccc(Cl)cc3[nH]2)cc1. The molecule has 0 fully saturated rings. The van der Waals surface area contributed by atoms with Gasteiger partial charge in [-0.05, 0) is 42.0 Å². The summed E-state index contributed by atoms with van der Waals surface area (Å²) in [6.07, 6.45) is 3.91. The summed E-state index contributed by atoms with van der Waals surface area (Å²) in [4.78, 5) is 7.67. The average molecular weight is 289 g/mol. The van der Waals surface area contributed by atoms with Gasteiger partial charge in [0, 0.05) is 10.0 Å². The number of aromatic nitrogens is 2. The number of rotatable bonds is 2. The minimum atomic E-state index is 0.699. The molecule has 0 spiro atoms. The van der Waals surface area contributed by atoms with Crippen molar-refractivity contribution in [1.29, 1.82) is 0 Å².